The van der Waals surface area contributed by atoms with Crippen molar-refractivity contribution in [1.29, 1.82) is 0 Å². The molecule has 0 saturated carbocycles. The van der Waals surface area contributed by atoms with Crippen LogP contribution in [0.3, 0.4) is 0 Å². The first-order chi connectivity index (χ1) is 8.09. The Morgan fingerprint density at radius 2 is 1.83 bits per heavy atom. The highest BCUT2D eigenvalue weighted by atomic mass is 35.6. The van der Waals surface area contributed by atoms with Gasteiger partial charge in [0.15, 0.2) is 0 Å². The number of thiol groups is 1. The number of rotatable bonds is 3. The summed E-state index contributed by atoms with van der Waals surface area (Å²) in [7, 11) is 1.27. The van der Waals surface area contributed by atoms with Gasteiger partial charge in [0.25, 0.3) is 5.69 Å². The fourth-order valence-electron chi connectivity index (χ4n) is 1.45. The van der Waals surface area contributed by atoms with Crippen LogP contribution in [-0.2, 0) is 8.54 Å². The van der Waals surface area contributed by atoms with Crippen molar-refractivity contribution in [1.82, 2.24) is 0 Å². The van der Waals surface area contributed by atoms with E-state index in [2.05, 4.69) is 11.7 Å². The minimum absolute atomic E-state index is 0.111. The molecule has 3 nitrogen and oxygen atoms in total. The third kappa shape index (κ3) is 3.61. The van der Waals surface area contributed by atoms with Crippen molar-refractivity contribution in [3.05, 3.63) is 39.4 Å². The lowest BCUT2D eigenvalue weighted by Gasteiger charge is -2.27. The van der Waals surface area contributed by atoms with Crippen molar-refractivity contribution in [2.24, 2.45) is 0 Å². The van der Waals surface area contributed by atoms with Gasteiger partial charge in [0.05, 0.1) is 4.92 Å². The molecule has 0 aliphatic rings. The zero-order valence-electron chi connectivity index (χ0n) is 9.49. The Balaban J connectivity index is 3.49. The van der Waals surface area contributed by atoms with Gasteiger partial charge in [-0.2, -0.15) is 0 Å². The fourth-order valence-corrected chi connectivity index (χ4v) is 2.49. The van der Waals surface area contributed by atoms with Gasteiger partial charge in [-0.1, -0.05) is 51.7 Å². The van der Waals surface area contributed by atoms with Gasteiger partial charge in [-0.25, -0.2) is 0 Å². The lowest BCUT2D eigenvalue weighted by Crippen LogP contribution is -2.17. The van der Waals surface area contributed by atoms with E-state index in [9.17, 15) is 10.1 Å². The number of alkyl halides is 3. The standard InChI is InChI=1S/C10H10Cl3NO2S2/c1-9(2,18-17)7-4-3-6(14(15)16)5-8(7)10(11,12)13/h3-5,17H,1-2H3. The summed E-state index contributed by atoms with van der Waals surface area (Å²) in [6, 6.07) is 4.27. The van der Waals surface area contributed by atoms with Crippen LogP contribution in [0.15, 0.2) is 18.2 Å². The molecule has 1 aromatic carbocycles. The lowest BCUT2D eigenvalue weighted by atomic mass is 9.96. The number of hydrogen-bond donors (Lipinski definition) is 1. The zero-order chi connectivity index (χ0) is 14.1. The maximum atomic E-state index is 10.8. The molecule has 0 saturated heterocycles. The predicted molar refractivity (Wildman–Crippen MR) is 81.9 cm³/mol. The maximum absolute atomic E-state index is 10.8. The number of halogens is 3. The Labute approximate surface area is 129 Å². The van der Waals surface area contributed by atoms with Gasteiger partial charge in [0.1, 0.15) is 0 Å². The van der Waals surface area contributed by atoms with Crippen LogP contribution in [0, 0.1) is 10.1 Å². The topological polar surface area (TPSA) is 43.1 Å². The Hall–Kier alpha value is 0.190. The third-order valence-electron chi connectivity index (χ3n) is 2.40. The Morgan fingerprint density at radius 1 is 1.28 bits per heavy atom. The molecule has 0 amide bonds. The van der Waals surface area contributed by atoms with Crippen LogP contribution in [0.5, 0.6) is 0 Å². The molecule has 0 N–H and O–H groups in total. The van der Waals surface area contributed by atoms with Crippen molar-refractivity contribution in [3.63, 3.8) is 0 Å². The van der Waals surface area contributed by atoms with Crippen molar-refractivity contribution >= 4 is 62.9 Å². The SMILES string of the molecule is CC(C)(SS)c1ccc([N+](=O)[O-])cc1C(Cl)(Cl)Cl. The summed E-state index contributed by atoms with van der Waals surface area (Å²) in [6.45, 7) is 3.79. The van der Waals surface area contributed by atoms with E-state index in [1.165, 1.54) is 22.9 Å². The summed E-state index contributed by atoms with van der Waals surface area (Å²) in [5.74, 6) is 0. The average molecular weight is 347 g/mol. The number of benzene rings is 1. The molecule has 1 aromatic rings. The van der Waals surface area contributed by atoms with E-state index in [4.69, 9.17) is 34.8 Å². The second-order valence-electron chi connectivity index (χ2n) is 4.09. The van der Waals surface area contributed by atoms with Crippen LogP contribution < -0.4 is 0 Å². The van der Waals surface area contributed by atoms with E-state index >= 15 is 0 Å². The van der Waals surface area contributed by atoms with E-state index in [0.29, 0.717) is 11.1 Å². The minimum Gasteiger partial charge on any atom is -0.258 e. The molecular formula is C10H10Cl3NO2S2. The van der Waals surface area contributed by atoms with Crippen LogP contribution in [0.2, 0.25) is 0 Å². The lowest BCUT2D eigenvalue weighted by molar-refractivity contribution is -0.384. The van der Waals surface area contributed by atoms with E-state index in [-0.39, 0.29) is 5.69 Å². The molecule has 8 heteroatoms. The molecule has 18 heavy (non-hydrogen) atoms. The molecular weight excluding hydrogens is 337 g/mol. The van der Waals surface area contributed by atoms with Gasteiger partial charge >= 0.3 is 0 Å². The van der Waals surface area contributed by atoms with Gasteiger partial charge in [-0.15, -0.1) is 11.7 Å². The highest BCUT2D eigenvalue weighted by molar-refractivity contribution is 8.69. The van der Waals surface area contributed by atoms with E-state index in [1.807, 2.05) is 13.8 Å². The molecule has 0 aliphatic carbocycles. The molecule has 0 bridgehead atoms. The molecule has 0 unspecified atom stereocenters. The second-order valence-corrected chi connectivity index (χ2v) is 8.12. The molecule has 0 atom stereocenters. The summed E-state index contributed by atoms with van der Waals surface area (Å²) in [4.78, 5) is 10.2. The Morgan fingerprint density at radius 3 is 2.22 bits per heavy atom. The highest BCUT2D eigenvalue weighted by Crippen LogP contribution is 2.48. The van der Waals surface area contributed by atoms with Gasteiger partial charge in [-0.05, 0) is 19.4 Å². The molecule has 0 aromatic heterocycles. The predicted octanol–water partition coefficient (Wildman–Crippen LogP) is 5.23. The number of nitro benzene ring substituents is 1. The molecule has 0 aliphatic heterocycles. The molecule has 0 heterocycles. The Kier molecular flexibility index (Phi) is 5.12. The zero-order valence-corrected chi connectivity index (χ0v) is 13.5. The number of non-ortho nitro benzene ring substituents is 1. The van der Waals surface area contributed by atoms with Gasteiger partial charge < -0.3 is 0 Å². The summed E-state index contributed by atoms with van der Waals surface area (Å²) in [5.41, 5.74) is 0.890. The second kappa shape index (κ2) is 5.67. The fraction of sp³-hybridized carbons (Fsp3) is 0.400. The van der Waals surface area contributed by atoms with E-state index in [1.54, 1.807) is 6.07 Å². The van der Waals surface area contributed by atoms with Crippen molar-refractivity contribution < 1.29 is 4.92 Å². The van der Waals surface area contributed by atoms with Gasteiger partial charge in [0.2, 0.25) is 3.79 Å². The van der Waals surface area contributed by atoms with Crippen molar-refractivity contribution in [2.45, 2.75) is 22.4 Å². The van der Waals surface area contributed by atoms with Crippen molar-refractivity contribution in [2.75, 3.05) is 0 Å². The minimum atomic E-state index is -1.72. The van der Waals surface area contributed by atoms with E-state index < -0.39 is 13.5 Å². The summed E-state index contributed by atoms with van der Waals surface area (Å²) >= 11 is 21.8. The van der Waals surface area contributed by atoms with Crippen LogP contribution in [0.1, 0.15) is 25.0 Å². The average Bonchev–Trinajstić information content (AvgIpc) is 2.27. The van der Waals surface area contributed by atoms with Crippen LogP contribution in [0.25, 0.3) is 0 Å². The maximum Gasteiger partial charge on any atom is 0.269 e. The molecule has 0 fully saturated rings. The normalized spacial score (nSPS) is 12.6. The van der Waals surface area contributed by atoms with Gasteiger partial charge in [0, 0.05) is 22.4 Å². The highest BCUT2D eigenvalue weighted by Gasteiger charge is 2.34. The first kappa shape index (κ1) is 16.2. The van der Waals surface area contributed by atoms with Crippen LogP contribution in [0.4, 0.5) is 5.69 Å². The van der Waals surface area contributed by atoms with Crippen molar-refractivity contribution in [3.8, 4) is 0 Å². The smallest absolute Gasteiger partial charge is 0.258 e. The van der Waals surface area contributed by atoms with Gasteiger partial charge in [-0.3, -0.25) is 10.1 Å². The van der Waals surface area contributed by atoms with E-state index in [0.717, 1.165) is 0 Å². The number of hydrogen-bond acceptors (Lipinski definition) is 4. The third-order valence-corrected chi connectivity index (χ3v) is 5.05. The number of nitrogens with zero attached hydrogens (tertiary/aromatic N) is 1. The quantitative estimate of drug-likeness (QED) is 0.268. The first-order valence-corrected chi connectivity index (χ1v) is 7.78. The molecule has 1 rings (SSSR count). The summed E-state index contributed by atoms with van der Waals surface area (Å²) in [5, 5.41) is 10.8. The number of nitro groups is 1. The van der Waals surface area contributed by atoms with Crippen LogP contribution >= 0.6 is 57.3 Å². The molecule has 0 spiro atoms. The van der Waals surface area contributed by atoms with Crippen LogP contribution in [-0.4, -0.2) is 4.92 Å². The Bertz CT molecular complexity index is 475. The monoisotopic (exact) mass is 345 g/mol. The molecule has 0 radical (unpaired) electrons. The molecule has 100 valence electrons. The first-order valence-electron chi connectivity index (χ1n) is 4.78. The largest absolute Gasteiger partial charge is 0.269 e. The summed E-state index contributed by atoms with van der Waals surface area (Å²) in [6.07, 6.45) is 0. The summed E-state index contributed by atoms with van der Waals surface area (Å²) < 4.78 is -2.15.